The average molecular weight is 408 g/mol. The lowest BCUT2D eigenvalue weighted by Crippen LogP contribution is -2.39. The van der Waals surface area contributed by atoms with Crippen molar-refractivity contribution in [2.45, 2.75) is 40.2 Å². The van der Waals surface area contributed by atoms with Crippen LogP contribution in [0.5, 0.6) is 0 Å². The fourth-order valence-corrected chi connectivity index (χ4v) is 1.98. The SMILES string of the molecule is CCNC(=NCC(CC)CC)N(C)Cc1ncnn1C.I. The highest BCUT2D eigenvalue weighted by Gasteiger charge is 2.10. The van der Waals surface area contributed by atoms with Crippen LogP contribution >= 0.6 is 24.0 Å². The van der Waals surface area contributed by atoms with Gasteiger partial charge >= 0.3 is 0 Å². The van der Waals surface area contributed by atoms with E-state index in [1.807, 2.05) is 14.1 Å². The summed E-state index contributed by atoms with van der Waals surface area (Å²) >= 11 is 0. The van der Waals surface area contributed by atoms with Crippen LogP contribution < -0.4 is 5.32 Å². The van der Waals surface area contributed by atoms with E-state index in [1.165, 1.54) is 12.8 Å². The molecule has 0 aliphatic heterocycles. The maximum Gasteiger partial charge on any atom is 0.194 e. The number of nitrogens with one attached hydrogen (secondary N) is 1. The van der Waals surface area contributed by atoms with Crippen LogP contribution in [-0.2, 0) is 13.6 Å². The van der Waals surface area contributed by atoms with Crippen LogP contribution in [0, 0.1) is 5.92 Å². The molecule has 0 aromatic carbocycles. The molecule has 0 saturated carbocycles. The van der Waals surface area contributed by atoms with Gasteiger partial charge in [-0.1, -0.05) is 26.7 Å². The van der Waals surface area contributed by atoms with Gasteiger partial charge in [-0.15, -0.1) is 24.0 Å². The largest absolute Gasteiger partial charge is 0.357 e. The minimum Gasteiger partial charge on any atom is -0.357 e. The second kappa shape index (κ2) is 10.8. The Morgan fingerprint density at radius 1 is 1.38 bits per heavy atom. The Bertz CT molecular complexity index is 413. The molecule has 122 valence electrons. The minimum atomic E-state index is 0. The van der Waals surface area contributed by atoms with Crippen molar-refractivity contribution in [1.82, 2.24) is 25.0 Å². The third-order valence-electron chi connectivity index (χ3n) is 3.53. The third kappa shape index (κ3) is 6.62. The van der Waals surface area contributed by atoms with Crippen LogP contribution in [0.4, 0.5) is 0 Å². The zero-order valence-electron chi connectivity index (χ0n) is 13.8. The molecular weight excluding hydrogens is 379 g/mol. The van der Waals surface area contributed by atoms with Gasteiger partial charge in [0.1, 0.15) is 12.2 Å². The zero-order chi connectivity index (χ0) is 15.0. The van der Waals surface area contributed by atoms with E-state index in [2.05, 4.69) is 41.1 Å². The molecule has 0 atom stereocenters. The van der Waals surface area contributed by atoms with E-state index < -0.39 is 0 Å². The smallest absolute Gasteiger partial charge is 0.194 e. The van der Waals surface area contributed by atoms with Crippen molar-refractivity contribution in [2.24, 2.45) is 18.0 Å². The number of halogens is 1. The molecule has 1 aromatic rings. The van der Waals surface area contributed by atoms with Gasteiger partial charge in [-0.2, -0.15) is 5.10 Å². The Labute approximate surface area is 145 Å². The molecule has 0 radical (unpaired) electrons. The summed E-state index contributed by atoms with van der Waals surface area (Å²) in [5, 5.41) is 7.43. The second-order valence-electron chi connectivity index (χ2n) is 5.03. The molecule has 1 heterocycles. The summed E-state index contributed by atoms with van der Waals surface area (Å²) in [5.41, 5.74) is 0. The van der Waals surface area contributed by atoms with Gasteiger partial charge < -0.3 is 10.2 Å². The normalized spacial score (nSPS) is 11.4. The minimum absolute atomic E-state index is 0. The van der Waals surface area contributed by atoms with E-state index >= 15 is 0 Å². The number of nitrogens with zero attached hydrogens (tertiary/aromatic N) is 5. The van der Waals surface area contributed by atoms with Crippen molar-refractivity contribution in [2.75, 3.05) is 20.1 Å². The van der Waals surface area contributed by atoms with Gasteiger partial charge in [-0.3, -0.25) is 9.67 Å². The maximum absolute atomic E-state index is 4.74. The number of hydrogen-bond acceptors (Lipinski definition) is 3. The molecule has 1 rings (SSSR count). The van der Waals surface area contributed by atoms with Gasteiger partial charge in [0.2, 0.25) is 0 Å². The van der Waals surface area contributed by atoms with E-state index in [-0.39, 0.29) is 24.0 Å². The monoisotopic (exact) mass is 408 g/mol. The molecule has 0 aliphatic rings. The predicted molar refractivity (Wildman–Crippen MR) is 97.9 cm³/mol. The van der Waals surface area contributed by atoms with Crippen LogP contribution in [-0.4, -0.2) is 45.8 Å². The Hall–Kier alpha value is -0.860. The van der Waals surface area contributed by atoms with E-state index in [1.54, 1.807) is 11.0 Å². The van der Waals surface area contributed by atoms with Gasteiger partial charge in [-0.05, 0) is 12.8 Å². The van der Waals surface area contributed by atoms with E-state index in [0.29, 0.717) is 12.5 Å². The van der Waals surface area contributed by atoms with E-state index in [9.17, 15) is 0 Å². The first-order valence-corrected chi connectivity index (χ1v) is 7.44. The number of guanidine groups is 1. The summed E-state index contributed by atoms with van der Waals surface area (Å²) in [6, 6.07) is 0. The fourth-order valence-electron chi connectivity index (χ4n) is 1.98. The molecular formula is C14H29IN6. The number of hydrogen-bond donors (Lipinski definition) is 1. The van der Waals surface area contributed by atoms with Gasteiger partial charge in [0.25, 0.3) is 0 Å². The van der Waals surface area contributed by atoms with Crippen LogP contribution in [0.25, 0.3) is 0 Å². The molecule has 0 aliphatic carbocycles. The van der Waals surface area contributed by atoms with Crippen LogP contribution in [0.15, 0.2) is 11.3 Å². The standard InChI is InChI=1S/C14H28N6.HI/c1-6-12(7-2)9-16-14(15-8-3)19(4)10-13-17-11-18-20(13)5;/h11-12H,6-10H2,1-5H3,(H,15,16);1H. The number of aromatic nitrogens is 3. The summed E-state index contributed by atoms with van der Waals surface area (Å²) < 4.78 is 1.79. The van der Waals surface area contributed by atoms with Crippen LogP contribution in [0.3, 0.4) is 0 Å². The van der Waals surface area contributed by atoms with Gasteiger partial charge in [0.05, 0.1) is 6.54 Å². The molecule has 21 heavy (non-hydrogen) atoms. The quantitative estimate of drug-likeness (QED) is 0.427. The van der Waals surface area contributed by atoms with E-state index in [0.717, 1.165) is 24.9 Å². The fraction of sp³-hybridized carbons (Fsp3) is 0.786. The Kier molecular flexibility index (Phi) is 10.4. The van der Waals surface area contributed by atoms with Crippen molar-refractivity contribution >= 4 is 29.9 Å². The van der Waals surface area contributed by atoms with Crippen molar-refractivity contribution in [3.8, 4) is 0 Å². The Morgan fingerprint density at radius 3 is 2.52 bits per heavy atom. The summed E-state index contributed by atoms with van der Waals surface area (Å²) in [4.78, 5) is 11.1. The summed E-state index contributed by atoms with van der Waals surface area (Å²) in [6.45, 7) is 8.97. The van der Waals surface area contributed by atoms with Gasteiger partial charge in [0, 0.05) is 27.2 Å². The molecule has 0 fully saturated rings. The number of rotatable bonds is 7. The van der Waals surface area contributed by atoms with Crippen molar-refractivity contribution < 1.29 is 0 Å². The Balaban J connectivity index is 0.00000400. The summed E-state index contributed by atoms with van der Waals surface area (Å²) in [7, 11) is 3.94. The maximum atomic E-state index is 4.74. The average Bonchev–Trinajstić information content (AvgIpc) is 2.84. The molecule has 1 N–H and O–H groups in total. The highest BCUT2D eigenvalue weighted by Crippen LogP contribution is 2.08. The topological polar surface area (TPSA) is 58.3 Å². The lowest BCUT2D eigenvalue weighted by atomic mass is 10.0. The van der Waals surface area contributed by atoms with Gasteiger partial charge in [-0.25, -0.2) is 4.98 Å². The first-order valence-electron chi connectivity index (χ1n) is 7.44. The number of aliphatic imine (C=N–C) groups is 1. The highest BCUT2D eigenvalue weighted by molar-refractivity contribution is 14.0. The molecule has 0 amide bonds. The molecule has 0 bridgehead atoms. The Morgan fingerprint density at radius 2 is 2.05 bits per heavy atom. The highest BCUT2D eigenvalue weighted by atomic mass is 127. The molecule has 0 spiro atoms. The van der Waals surface area contributed by atoms with Crippen molar-refractivity contribution in [3.63, 3.8) is 0 Å². The lowest BCUT2D eigenvalue weighted by molar-refractivity contribution is 0.440. The molecule has 1 aromatic heterocycles. The third-order valence-corrected chi connectivity index (χ3v) is 3.53. The number of aryl methyl sites for hydroxylation is 1. The van der Waals surface area contributed by atoms with Crippen molar-refractivity contribution in [1.29, 1.82) is 0 Å². The molecule has 7 heteroatoms. The lowest BCUT2D eigenvalue weighted by Gasteiger charge is -2.22. The summed E-state index contributed by atoms with van der Waals surface area (Å²) in [5.74, 6) is 2.52. The first-order chi connectivity index (χ1) is 9.62. The molecule has 6 nitrogen and oxygen atoms in total. The van der Waals surface area contributed by atoms with Crippen molar-refractivity contribution in [3.05, 3.63) is 12.2 Å². The molecule has 0 saturated heterocycles. The van der Waals surface area contributed by atoms with Crippen LogP contribution in [0.1, 0.15) is 39.4 Å². The summed E-state index contributed by atoms with van der Waals surface area (Å²) in [6.07, 6.45) is 3.93. The van der Waals surface area contributed by atoms with E-state index in [4.69, 9.17) is 4.99 Å². The zero-order valence-corrected chi connectivity index (χ0v) is 16.2. The first kappa shape index (κ1) is 20.1. The molecule has 0 unspecified atom stereocenters. The second-order valence-corrected chi connectivity index (χ2v) is 5.03. The van der Waals surface area contributed by atoms with Crippen LogP contribution in [0.2, 0.25) is 0 Å². The van der Waals surface area contributed by atoms with Gasteiger partial charge in [0.15, 0.2) is 5.96 Å². The predicted octanol–water partition coefficient (Wildman–Crippen LogP) is 2.27.